The van der Waals surface area contributed by atoms with E-state index in [9.17, 15) is 4.79 Å². The lowest BCUT2D eigenvalue weighted by molar-refractivity contribution is -0.151. The number of hydrogen-bond acceptors (Lipinski definition) is 3. The monoisotopic (exact) mass is 428 g/mol. The van der Waals surface area contributed by atoms with Crippen molar-refractivity contribution in [1.29, 1.82) is 0 Å². The molecule has 0 spiro atoms. The average molecular weight is 429 g/mol. The van der Waals surface area contributed by atoms with Gasteiger partial charge in [0.2, 0.25) is 0 Å². The maximum Gasteiger partial charge on any atom is 0.306 e. The molecule has 174 valence electrons. The minimum atomic E-state index is -0.00349. The highest BCUT2D eigenvalue weighted by molar-refractivity contribution is 5.69. The minimum Gasteiger partial charge on any atom is -0.493 e. The van der Waals surface area contributed by atoms with E-state index in [2.05, 4.69) is 31.2 Å². The molecule has 31 heavy (non-hydrogen) atoms. The van der Waals surface area contributed by atoms with Crippen molar-refractivity contribution in [2.45, 2.75) is 122 Å². The van der Waals surface area contributed by atoms with Crippen molar-refractivity contribution >= 4 is 5.97 Å². The van der Waals surface area contributed by atoms with Crippen LogP contribution in [0.1, 0.15) is 121 Å². The van der Waals surface area contributed by atoms with Crippen molar-refractivity contribution in [2.24, 2.45) is 5.92 Å². The zero-order chi connectivity index (χ0) is 21.7. The second-order valence-electron chi connectivity index (χ2n) is 9.79. The second kappa shape index (κ2) is 13.8. The summed E-state index contributed by atoms with van der Waals surface area (Å²) in [6.07, 6.45) is 19.0. The molecule has 3 rings (SSSR count). The van der Waals surface area contributed by atoms with Gasteiger partial charge in [0, 0.05) is 17.9 Å². The Balaban J connectivity index is 1.40. The van der Waals surface area contributed by atoms with E-state index < -0.39 is 0 Å². The van der Waals surface area contributed by atoms with Gasteiger partial charge in [0.1, 0.15) is 11.9 Å². The number of esters is 1. The molecule has 1 aromatic rings. The van der Waals surface area contributed by atoms with Crippen LogP contribution >= 0.6 is 0 Å². The Morgan fingerprint density at radius 2 is 1.55 bits per heavy atom. The fourth-order valence-electron chi connectivity index (χ4n) is 4.81. The SMILES string of the molecule is CCCCCCCCCCCC(=O)O[C@@H]1CCCC[C@H]1c1ccccc1OCC1CC1. The number of hydrogen-bond donors (Lipinski definition) is 0. The number of para-hydroxylation sites is 1. The number of unbranched alkanes of at least 4 members (excludes halogenated alkanes) is 8. The summed E-state index contributed by atoms with van der Waals surface area (Å²) < 4.78 is 12.2. The molecule has 0 heterocycles. The molecule has 0 N–H and O–H groups in total. The van der Waals surface area contributed by atoms with Crippen LogP contribution in [0.25, 0.3) is 0 Å². The Morgan fingerprint density at radius 3 is 2.29 bits per heavy atom. The maximum atomic E-state index is 12.5. The van der Waals surface area contributed by atoms with Gasteiger partial charge in [-0.05, 0) is 50.5 Å². The lowest BCUT2D eigenvalue weighted by Gasteiger charge is -2.32. The number of carbonyl (C=O) groups excluding carboxylic acids is 1. The first-order valence-electron chi connectivity index (χ1n) is 13.2. The summed E-state index contributed by atoms with van der Waals surface area (Å²) in [5.74, 6) is 2.01. The van der Waals surface area contributed by atoms with Crippen molar-refractivity contribution in [2.75, 3.05) is 6.61 Å². The highest BCUT2D eigenvalue weighted by atomic mass is 16.5. The molecule has 1 aromatic carbocycles. The first-order valence-corrected chi connectivity index (χ1v) is 13.2. The van der Waals surface area contributed by atoms with Crippen LogP contribution in [0.4, 0.5) is 0 Å². The van der Waals surface area contributed by atoms with Crippen LogP contribution in [0.2, 0.25) is 0 Å². The summed E-state index contributed by atoms with van der Waals surface area (Å²) >= 11 is 0. The molecule has 2 fully saturated rings. The predicted molar refractivity (Wildman–Crippen MR) is 128 cm³/mol. The van der Waals surface area contributed by atoms with Crippen molar-refractivity contribution in [3.8, 4) is 5.75 Å². The Hall–Kier alpha value is -1.51. The van der Waals surface area contributed by atoms with E-state index in [1.54, 1.807) is 0 Å². The van der Waals surface area contributed by atoms with Crippen molar-refractivity contribution in [3.63, 3.8) is 0 Å². The summed E-state index contributed by atoms with van der Waals surface area (Å²) in [5, 5.41) is 0. The summed E-state index contributed by atoms with van der Waals surface area (Å²) in [7, 11) is 0. The van der Waals surface area contributed by atoms with Gasteiger partial charge in [0.25, 0.3) is 0 Å². The van der Waals surface area contributed by atoms with Gasteiger partial charge in [-0.2, -0.15) is 0 Å². The smallest absolute Gasteiger partial charge is 0.306 e. The first kappa shape index (κ1) is 24.1. The van der Waals surface area contributed by atoms with E-state index in [1.165, 1.54) is 69.8 Å². The van der Waals surface area contributed by atoms with Crippen LogP contribution in [0, 0.1) is 5.92 Å². The molecule has 0 aliphatic heterocycles. The van der Waals surface area contributed by atoms with E-state index in [4.69, 9.17) is 9.47 Å². The molecule has 2 saturated carbocycles. The minimum absolute atomic E-state index is 0.00349. The van der Waals surface area contributed by atoms with Gasteiger partial charge in [-0.15, -0.1) is 0 Å². The molecule has 0 bridgehead atoms. The topological polar surface area (TPSA) is 35.5 Å². The highest BCUT2D eigenvalue weighted by Gasteiger charge is 2.32. The van der Waals surface area contributed by atoms with Crippen LogP contribution in [-0.2, 0) is 9.53 Å². The van der Waals surface area contributed by atoms with Crippen LogP contribution in [0.15, 0.2) is 24.3 Å². The molecular weight excluding hydrogens is 384 g/mol. The van der Waals surface area contributed by atoms with Crippen LogP contribution in [-0.4, -0.2) is 18.7 Å². The molecule has 0 amide bonds. The van der Waals surface area contributed by atoms with Gasteiger partial charge in [0.05, 0.1) is 6.61 Å². The van der Waals surface area contributed by atoms with E-state index in [0.29, 0.717) is 6.42 Å². The van der Waals surface area contributed by atoms with E-state index in [-0.39, 0.29) is 18.0 Å². The third kappa shape index (κ3) is 8.86. The molecule has 3 nitrogen and oxygen atoms in total. The maximum absolute atomic E-state index is 12.5. The Kier molecular flexibility index (Phi) is 10.8. The average Bonchev–Trinajstić information content (AvgIpc) is 3.62. The molecule has 0 radical (unpaired) electrons. The summed E-state index contributed by atoms with van der Waals surface area (Å²) in [5.41, 5.74) is 1.24. The van der Waals surface area contributed by atoms with Crippen molar-refractivity contribution in [3.05, 3.63) is 29.8 Å². The number of carbonyl (C=O) groups is 1. The summed E-state index contributed by atoms with van der Waals surface area (Å²) in [6.45, 7) is 3.09. The Bertz CT molecular complexity index is 637. The summed E-state index contributed by atoms with van der Waals surface area (Å²) in [4.78, 5) is 12.5. The van der Waals surface area contributed by atoms with E-state index in [0.717, 1.165) is 50.4 Å². The highest BCUT2D eigenvalue weighted by Crippen LogP contribution is 2.40. The molecule has 0 unspecified atom stereocenters. The van der Waals surface area contributed by atoms with E-state index in [1.807, 2.05) is 0 Å². The third-order valence-electron chi connectivity index (χ3n) is 6.96. The zero-order valence-corrected chi connectivity index (χ0v) is 19.8. The lowest BCUT2D eigenvalue weighted by Crippen LogP contribution is -2.29. The van der Waals surface area contributed by atoms with Crippen LogP contribution in [0.5, 0.6) is 5.75 Å². The number of rotatable bonds is 15. The predicted octanol–water partition coefficient (Wildman–Crippen LogP) is 7.97. The standard InChI is InChI=1S/C28H44O3/c1-2-3-4-5-6-7-8-9-10-19-28(29)31-27-18-14-12-16-25(27)24-15-11-13-17-26(24)30-22-23-20-21-23/h11,13,15,17,23,25,27H,2-10,12,14,16,18-22H2,1H3/t25-,27+/m0/s1. The fraction of sp³-hybridized carbons (Fsp3) is 0.750. The van der Waals surface area contributed by atoms with Gasteiger partial charge < -0.3 is 9.47 Å². The van der Waals surface area contributed by atoms with Crippen LogP contribution < -0.4 is 4.74 Å². The molecule has 3 heteroatoms. The van der Waals surface area contributed by atoms with Gasteiger partial charge in [0.15, 0.2) is 0 Å². The summed E-state index contributed by atoms with van der Waals surface area (Å²) in [6, 6.07) is 8.42. The quantitative estimate of drug-likeness (QED) is 0.210. The fourth-order valence-corrected chi connectivity index (χ4v) is 4.81. The van der Waals surface area contributed by atoms with Gasteiger partial charge in [-0.3, -0.25) is 4.79 Å². The van der Waals surface area contributed by atoms with Gasteiger partial charge >= 0.3 is 5.97 Å². The zero-order valence-electron chi connectivity index (χ0n) is 19.8. The molecule has 0 saturated heterocycles. The molecule has 2 aliphatic carbocycles. The largest absolute Gasteiger partial charge is 0.493 e. The van der Waals surface area contributed by atoms with Crippen molar-refractivity contribution in [1.82, 2.24) is 0 Å². The molecule has 2 atom stereocenters. The molecular formula is C28H44O3. The lowest BCUT2D eigenvalue weighted by atomic mass is 9.81. The van der Waals surface area contributed by atoms with Gasteiger partial charge in [-0.25, -0.2) is 0 Å². The Labute approximate surface area is 190 Å². The van der Waals surface area contributed by atoms with Gasteiger partial charge in [-0.1, -0.05) is 82.9 Å². The van der Waals surface area contributed by atoms with Crippen molar-refractivity contribution < 1.29 is 14.3 Å². The third-order valence-corrected chi connectivity index (χ3v) is 6.96. The normalized spacial score (nSPS) is 21.1. The Morgan fingerprint density at radius 1 is 0.871 bits per heavy atom. The number of ether oxygens (including phenoxy) is 2. The van der Waals surface area contributed by atoms with E-state index >= 15 is 0 Å². The van der Waals surface area contributed by atoms with Crippen LogP contribution in [0.3, 0.4) is 0 Å². The molecule has 2 aliphatic rings. The molecule has 0 aromatic heterocycles. The first-order chi connectivity index (χ1) is 15.3. The number of benzene rings is 1. The second-order valence-corrected chi connectivity index (χ2v) is 9.79.